The topological polar surface area (TPSA) is 161 Å². The minimum absolute atomic E-state index is 0. The van der Waals surface area contributed by atoms with Gasteiger partial charge in [0.15, 0.2) is 0 Å². The summed E-state index contributed by atoms with van der Waals surface area (Å²) >= 11 is 0. The van der Waals surface area contributed by atoms with Crippen molar-refractivity contribution in [2.45, 2.75) is 52.4 Å². The van der Waals surface area contributed by atoms with E-state index in [-0.39, 0.29) is 39.3 Å². The van der Waals surface area contributed by atoms with Gasteiger partial charge in [0.2, 0.25) is 0 Å². The molecule has 33 heavy (non-hydrogen) atoms. The van der Waals surface area contributed by atoms with Gasteiger partial charge < -0.3 is 39.6 Å². The maximum absolute atomic E-state index is 10.9. The molecule has 0 heterocycles. The largest absolute Gasteiger partial charge is 0.545 e. The van der Waals surface area contributed by atoms with Crippen molar-refractivity contribution in [3.05, 3.63) is 69.8 Å². The summed E-state index contributed by atoms with van der Waals surface area (Å²) in [4.78, 5) is 43.3. The summed E-state index contributed by atoms with van der Waals surface area (Å²) in [5.41, 5.74) is -0.152. The molecule has 2 rings (SSSR count). The van der Waals surface area contributed by atoms with E-state index in [0.29, 0.717) is 24.0 Å². The molecule has 1 radical (unpaired) electrons. The molecule has 9 heteroatoms. The van der Waals surface area contributed by atoms with Gasteiger partial charge in [-0.15, -0.1) is 0 Å². The number of carbonyl (C=O) groups is 4. The van der Waals surface area contributed by atoms with E-state index >= 15 is 0 Å². The summed E-state index contributed by atoms with van der Waals surface area (Å²) in [5.74, 6) is -5.91. The number of rotatable bonds is 10. The van der Waals surface area contributed by atoms with Gasteiger partial charge in [0.25, 0.3) is 0 Å². The first-order valence-electron chi connectivity index (χ1n) is 10.2. The Morgan fingerprint density at radius 2 is 0.939 bits per heavy atom. The molecule has 0 aliphatic rings. The van der Waals surface area contributed by atoms with Crippen LogP contribution in [-0.4, -0.2) is 23.9 Å². The van der Waals surface area contributed by atoms with Gasteiger partial charge in [-0.3, -0.25) is 0 Å². The van der Waals surface area contributed by atoms with Gasteiger partial charge in [0, 0.05) is 39.3 Å². The molecule has 0 amide bonds. The molecular formula is C24H24MnO8-4. The Balaban J connectivity index is 0.000000602. The first-order chi connectivity index (χ1) is 15.1. The van der Waals surface area contributed by atoms with Crippen molar-refractivity contribution in [1.29, 1.82) is 0 Å². The van der Waals surface area contributed by atoms with E-state index in [1.54, 1.807) is 12.1 Å². The van der Waals surface area contributed by atoms with E-state index in [9.17, 15) is 39.6 Å². The Hall–Kier alpha value is -3.16. The zero-order valence-corrected chi connectivity index (χ0v) is 19.5. The van der Waals surface area contributed by atoms with E-state index in [1.165, 1.54) is 24.3 Å². The molecule has 2 aromatic rings. The van der Waals surface area contributed by atoms with E-state index < -0.39 is 23.9 Å². The van der Waals surface area contributed by atoms with Crippen molar-refractivity contribution in [3.63, 3.8) is 0 Å². The SMILES string of the molecule is CCCCc1cccc(C(=O)[O-])c1C(=O)[O-].CCCCc1cccc(C(=O)[O-])c1C(=O)[O-].[Mn]. The maximum Gasteiger partial charge on any atom is 0.0724 e. The molecule has 0 bridgehead atoms. The van der Waals surface area contributed by atoms with Gasteiger partial charge in [-0.2, -0.15) is 0 Å². The predicted molar refractivity (Wildman–Crippen MR) is 107 cm³/mol. The fraction of sp³-hybridized carbons (Fsp3) is 0.333. The summed E-state index contributed by atoms with van der Waals surface area (Å²) in [6.45, 7) is 3.95. The molecule has 8 nitrogen and oxygen atoms in total. The molecule has 0 fully saturated rings. The third-order valence-electron chi connectivity index (χ3n) is 4.75. The van der Waals surface area contributed by atoms with E-state index in [1.807, 2.05) is 13.8 Å². The minimum Gasteiger partial charge on any atom is -0.545 e. The van der Waals surface area contributed by atoms with Crippen molar-refractivity contribution in [3.8, 4) is 0 Å². The van der Waals surface area contributed by atoms with Gasteiger partial charge in [-0.05, 0) is 36.8 Å². The van der Waals surface area contributed by atoms with Gasteiger partial charge in [-0.25, -0.2) is 0 Å². The molecule has 179 valence electrons. The molecule has 0 aliphatic heterocycles. The van der Waals surface area contributed by atoms with Crippen molar-refractivity contribution >= 4 is 23.9 Å². The second-order valence-electron chi connectivity index (χ2n) is 7.04. The minimum atomic E-state index is -1.49. The zero-order valence-electron chi connectivity index (χ0n) is 18.4. The number of hydrogen-bond donors (Lipinski definition) is 0. The Labute approximate surface area is 202 Å². The fourth-order valence-electron chi connectivity index (χ4n) is 3.17. The summed E-state index contributed by atoms with van der Waals surface area (Å²) in [6.07, 6.45) is 4.47. The number of benzene rings is 2. The Bertz CT molecular complexity index is 905. The van der Waals surface area contributed by atoms with Crippen LogP contribution in [0.4, 0.5) is 0 Å². The van der Waals surface area contributed by atoms with E-state index in [2.05, 4.69) is 0 Å². The van der Waals surface area contributed by atoms with Crippen LogP contribution in [0.3, 0.4) is 0 Å². The van der Waals surface area contributed by atoms with Crippen molar-refractivity contribution in [2.75, 3.05) is 0 Å². The number of hydrogen-bond acceptors (Lipinski definition) is 8. The van der Waals surface area contributed by atoms with Gasteiger partial charge >= 0.3 is 0 Å². The Kier molecular flexibility index (Phi) is 13.4. The van der Waals surface area contributed by atoms with E-state index in [4.69, 9.17) is 0 Å². The molecule has 0 saturated heterocycles. The van der Waals surface area contributed by atoms with Crippen LogP contribution >= 0.6 is 0 Å². The summed E-state index contributed by atoms with van der Waals surface area (Å²) in [7, 11) is 0. The van der Waals surface area contributed by atoms with Crippen molar-refractivity contribution < 1.29 is 56.7 Å². The predicted octanol–water partition coefficient (Wildman–Crippen LogP) is -0.490. The maximum atomic E-state index is 10.9. The van der Waals surface area contributed by atoms with E-state index in [0.717, 1.165) is 25.7 Å². The summed E-state index contributed by atoms with van der Waals surface area (Å²) in [5, 5.41) is 43.3. The van der Waals surface area contributed by atoms with Gasteiger partial charge in [0.1, 0.15) is 0 Å². The quantitative estimate of drug-likeness (QED) is 0.399. The Morgan fingerprint density at radius 1 is 0.606 bits per heavy atom. The van der Waals surface area contributed by atoms with Crippen LogP contribution in [0.25, 0.3) is 0 Å². The number of carboxylic acid groups (broad SMARTS) is 4. The smallest absolute Gasteiger partial charge is 0.0724 e. The van der Waals surface area contributed by atoms with Crippen LogP contribution < -0.4 is 20.4 Å². The molecular weight excluding hydrogens is 471 g/mol. The number of aromatic carboxylic acids is 4. The summed E-state index contributed by atoms with van der Waals surface area (Å²) < 4.78 is 0. The molecule has 0 N–H and O–H groups in total. The Morgan fingerprint density at radius 3 is 1.18 bits per heavy atom. The number of aryl methyl sites for hydroxylation is 2. The number of carboxylic acids is 4. The second kappa shape index (κ2) is 14.8. The monoisotopic (exact) mass is 495 g/mol. The molecule has 0 unspecified atom stereocenters. The molecule has 0 aromatic heterocycles. The van der Waals surface area contributed by atoms with Crippen LogP contribution in [0.15, 0.2) is 36.4 Å². The first-order valence-corrected chi connectivity index (χ1v) is 10.2. The van der Waals surface area contributed by atoms with Crippen molar-refractivity contribution in [2.24, 2.45) is 0 Å². The molecule has 0 saturated carbocycles. The van der Waals surface area contributed by atoms with Crippen LogP contribution in [0, 0.1) is 0 Å². The molecule has 2 aromatic carbocycles. The molecule has 0 aliphatic carbocycles. The zero-order chi connectivity index (χ0) is 24.3. The summed E-state index contributed by atoms with van der Waals surface area (Å²) in [6, 6.07) is 8.68. The van der Waals surface area contributed by atoms with Crippen LogP contribution in [0.5, 0.6) is 0 Å². The third-order valence-corrected chi connectivity index (χ3v) is 4.75. The van der Waals surface area contributed by atoms with Crippen LogP contribution in [0.2, 0.25) is 0 Å². The normalized spacial score (nSPS) is 9.76. The number of unbranched alkanes of at least 4 members (excludes halogenated alkanes) is 2. The second-order valence-corrected chi connectivity index (χ2v) is 7.04. The fourth-order valence-corrected chi connectivity index (χ4v) is 3.17. The third kappa shape index (κ3) is 8.71. The van der Waals surface area contributed by atoms with Gasteiger partial charge in [-0.1, -0.05) is 63.1 Å². The molecule has 0 spiro atoms. The van der Waals surface area contributed by atoms with Gasteiger partial charge in [0.05, 0.1) is 23.9 Å². The standard InChI is InChI=1S/2C12H14O4.Mn/c2*1-2-3-5-8-6-4-7-9(11(13)14)10(8)12(15)16;/h2*4,6-7H,2-3,5H2,1H3,(H,13,14)(H,15,16);/p-4. The van der Waals surface area contributed by atoms with Crippen LogP contribution in [0.1, 0.15) is 92.1 Å². The average Bonchev–Trinajstić information content (AvgIpc) is 2.75. The molecule has 0 atom stereocenters. The first kappa shape index (κ1) is 29.8. The average molecular weight is 495 g/mol. The van der Waals surface area contributed by atoms with Crippen molar-refractivity contribution in [1.82, 2.24) is 0 Å². The number of carbonyl (C=O) groups excluding carboxylic acids is 4. The van der Waals surface area contributed by atoms with Crippen LogP contribution in [-0.2, 0) is 29.9 Å².